The highest BCUT2D eigenvalue weighted by Crippen LogP contribution is 2.37. The van der Waals surface area contributed by atoms with E-state index in [0.29, 0.717) is 22.0 Å². The minimum absolute atomic E-state index is 0.382. The number of rotatable bonds is 2. The lowest BCUT2D eigenvalue weighted by molar-refractivity contribution is -0.137. The number of carbonyl (C=O) groups is 2. The molecule has 1 N–H and O–H groups in total. The Bertz CT molecular complexity index is 685. The van der Waals surface area contributed by atoms with Gasteiger partial charge in [-0.2, -0.15) is 0 Å². The van der Waals surface area contributed by atoms with Gasteiger partial charge in [-0.05, 0) is 30.3 Å². The number of hydrogen-bond donors (Lipinski definition) is 1. The van der Waals surface area contributed by atoms with Crippen LogP contribution < -0.4 is 10.1 Å². The molecule has 0 aliphatic carbocycles. The van der Waals surface area contributed by atoms with Crippen LogP contribution in [0.2, 0.25) is 5.02 Å². The summed E-state index contributed by atoms with van der Waals surface area (Å²) in [5.74, 6) is -1.62. The Morgan fingerprint density at radius 2 is 1.90 bits per heavy atom. The summed E-state index contributed by atoms with van der Waals surface area (Å²) < 4.78 is 5.07. The van der Waals surface area contributed by atoms with Crippen molar-refractivity contribution in [2.75, 3.05) is 5.32 Å². The lowest BCUT2D eigenvalue weighted by atomic mass is 10.00. The van der Waals surface area contributed by atoms with Crippen molar-refractivity contribution in [2.45, 2.75) is 5.92 Å². The summed E-state index contributed by atoms with van der Waals surface area (Å²) in [6.45, 7) is 0. The Kier molecular flexibility index (Phi) is 3.16. The molecule has 4 nitrogen and oxygen atoms in total. The van der Waals surface area contributed by atoms with E-state index in [4.69, 9.17) is 16.3 Å². The second kappa shape index (κ2) is 4.98. The normalized spacial score (nSPS) is 16.4. The van der Waals surface area contributed by atoms with Gasteiger partial charge >= 0.3 is 5.97 Å². The van der Waals surface area contributed by atoms with Gasteiger partial charge in [0.25, 0.3) is 0 Å². The number of para-hydroxylation sites is 1. The molecule has 1 amide bonds. The van der Waals surface area contributed by atoms with Gasteiger partial charge in [0.05, 0.1) is 0 Å². The average molecular weight is 288 g/mol. The number of fused-ring (bicyclic) bond motifs is 1. The first-order valence-electron chi connectivity index (χ1n) is 6.02. The van der Waals surface area contributed by atoms with Crippen LogP contribution in [0.5, 0.6) is 5.75 Å². The van der Waals surface area contributed by atoms with E-state index in [1.807, 2.05) is 6.07 Å². The van der Waals surface area contributed by atoms with Crippen LogP contribution in [0, 0.1) is 0 Å². The molecule has 1 aliphatic rings. The van der Waals surface area contributed by atoms with Crippen LogP contribution in [-0.4, -0.2) is 11.9 Å². The Labute approximate surface area is 120 Å². The van der Waals surface area contributed by atoms with Crippen molar-refractivity contribution in [3.63, 3.8) is 0 Å². The summed E-state index contributed by atoms with van der Waals surface area (Å²) in [6.07, 6.45) is 0. The third-order valence-electron chi connectivity index (χ3n) is 3.03. The fraction of sp³-hybridized carbons (Fsp3) is 0.0667. The number of nitrogens with one attached hydrogen (secondary N) is 1. The van der Waals surface area contributed by atoms with Gasteiger partial charge < -0.3 is 10.1 Å². The largest absolute Gasteiger partial charge is 0.425 e. The van der Waals surface area contributed by atoms with Crippen LogP contribution in [0.15, 0.2) is 48.5 Å². The number of hydrogen-bond acceptors (Lipinski definition) is 3. The SMILES string of the molecule is O=C(Nc1ccccc1)C1C(=O)Oc2ccc(Cl)cc21. The highest BCUT2D eigenvalue weighted by molar-refractivity contribution is 6.31. The molecule has 0 radical (unpaired) electrons. The molecule has 5 heteroatoms. The Morgan fingerprint density at radius 3 is 2.65 bits per heavy atom. The number of carbonyl (C=O) groups excluding carboxylic acids is 2. The molecule has 1 atom stereocenters. The van der Waals surface area contributed by atoms with Gasteiger partial charge in [-0.3, -0.25) is 9.59 Å². The van der Waals surface area contributed by atoms with Crippen molar-refractivity contribution in [3.05, 3.63) is 59.1 Å². The van der Waals surface area contributed by atoms with E-state index in [1.165, 1.54) is 0 Å². The zero-order chi connectivity index (χ0) is 14.1. The summed E-state index contributed by atoms with van der Waals surface area (Å²) in [6, 6.07) is 13.7. The number of esters is 1. The zero-order valence-corrected chi connectivity index (χ0v) is 11.1. The molecular formula is C15H10ClNO3. The highest BCUT2D eigenvalue weighted by Gasteiger charge is 2.39. The predicted octanol–water partition coefficient (Wildman–Crippen LogP) is 2.98. The van der Waals surface area contributed by atoms with E-state index in [9.17, 15) is 9.59 Å². The van der Waals surface area contributed by atoms with E-state index >= 15 is 0 Å². The van der Waals surface area contributed by atoms with E-state index in [-0.39, 0.29) is 0 Å². The van der Waals surface area contributed by atoms with Crippen LogP contribution >= 0.6 is 11.6 Å². The number of amides is 1. The maximum absolute atomic E-state index is 12.2. The molecule has 0 fully saturated rings. The number of halogens is 1. The molecule has 2 aromatic carbocycles. The number of ether oxygens (including phenoxy) is 1. The molecule has 100 valence electrons. The fourth-order valence-corrected chi connectivity index (χ4v) is 2.30. The smallest absolute Gasteiger partial charge is 0.328 e. The van der Waals surface area contributed by atoms with Gasteiger partial charge in [-0.15, -0.1) is 0 Å². The summed E-state index contributed by atoms with van der Waals surface area (Å²) in [5, 5.41) is 3.15. The molecule has 0 saturated heterocycles. The van der Waals surface area contributed by atoms with Crippen molar-refractivity contribution in [2.24, 2.45) is 0 Å². The van der Waals surface area contributed by atoms with Crippen molar-refractivity contribution in [1.82, 2.24) is 0 Å². The maximum Gasteiger partial charge on any atom is 0.328 e. The van der Waals surface area contributed by atoms with Gasteiger partial charge in [0.15, 0.2) is 5.92 Å². The molecular weight excluding hydrogens is 278 g/mol. The molecule has 0 aromatic heterocycles. The molecule has 2 aromatic rings. The van der Waals surface area contributed by atoms with Crippen LogP contribution in [0.1, 0.15) is 11.5 Å². The minimum Gasteiger partial charge on any atom is -0.425 e. The standard InChI is InChI=1S/C15H10ClNO3/c16-9-6-7-12-11(8-9)13(15(19)20-12)14(18)17-10-4-2-1-3-5-10/h1-8,13H,(H,17,18). The lowest BCUT2D eigenvalue weighted by Crippen LogP contribution is -2.26. The Morgan fingerprint density at radius 1 is 1.15 bits per heavy atom. The summed E-state index contributed by atoms with van der Waals surface area (Å²) in [7, 11) is 0. The van der Waals surface area contributed by atoms with Crippen molar-refractivity contribution < 1.29 is 14.3 Å². The first kappa shape index (κ1) is 12.7. The number of benzene rings is 2. The van der Waals surface area contributed by atoms with Crippen LogP contribution in [0.4, 0.5) is 5.69 Å². The summed E-state index contributed by atoms with van der Waals surface area (Å²) in [5.41, 5.74) is 1.12. The van der Waals surface area contributed by atoms with Gasteiger partial charge in [0.2, 0.25) is 5.91 Å². The first-order chi connectivity index (χ1) is 9.65. The molecule has 0 bridgehead atoms. The van der Waals surface area contributed by atoms with E-state index in [1.54, 1.807) is 42.5 Å². The summed E-state index contributed by atoms with van der Waals surface area (Å²) >= 11 is 5.90. The first-order valence-corrected chi connectivity index (χ1v) is 6.40. The molecule has 0 spiro atoms. The molecule has 20 heavy (non-hydrogen) atoms. The maximum atomic E-state index is 12.2. The van der Waals surface area contributed by atoms with Gasteiger partial charge in [-0.25, -0.2) is 0 Å². The van der Waals surface area contributed by atoms with Crippen LogP contribution in [0.3, 0.4) is 0 Å². The van der Waals surface area contributed by atoms with Crippen molar-refractivity contribution in [1.29, 1.82) is 0 Å². The topological polar surface area (TPSA) is 55.4 Å². The number of anilines is 1. The van der Waals surface area contributed by atoms with E-state index in [2.05, 4.69) is 5.32 Å². The average Bonchev–Trinajstić information content (AvgIpc) is 2.75. The molecule has 3 rings (SSSR count). The lowest BCUT2D eigenvalue weighted by Gasteiger charge is -2.09. The third-order valence-corrected chi connectivity index (χ3v) is 3.27. The van der Waals surface area contributed by atoms with Gasteiger partial charge in [0.1, 0.15) is 5.75 Å². The second-order valence-electron chi connectivity index (χ2n) is 4.39. The Hall–Kier alpha value is -2.33. The molecule has 1 heterocycles. The monoisotopic (exact) mass is 287 g/mol. The Balaban J connectivity index is 1.89. The fourth-order valence-electron chi connectivity index (χ4n) is 2.12. The van der Waals surface area contributed by atoms with Gasteiger partial charge in [-0.1, -0.05) is 29.8 Å². The van der Waals surface area contributed by atoms with Crippen LogP contribution in [-0.2, 0) is 9.59 Å². The highest BCUT2D eigenvalue weighted by atomic mass is 35.5. The van der Waals surface area contributed by atoms with Crippen molar-refractivity contribution in [3.8, 4) is 5.75 Å². The van der Waals surface area contributed by atoms with Crippen LogP contribution in [0.25, 0.3) is 0 Å². The second-order valence-corrected chi connectivity index (χ2v) is 4.83. The van der Waals surface area contributed by atoms with E-state index in [0.717, 1.165) is 0 Å². The summed E-state index contributed by atoms with van der Waals surface area (Å²) in [4.78, 5) is 24.1. The quantitative estimate of drug-likeness (QED) is 0.525. The van der Waals surface area contributed by atoms with Crippen molar-refractivity contribution >= 4 is 29.2 Å². The van der Waals surface area contributed by atoms with E-state index < -0.39 is 17.8 Å². The molecule has 0 saturated carbocycles. The minimum atomic E-state index is -0.982. The third kappa shape index (κ3) is 2.26. The molecule has 1 aliphatic heterocycles. The molecule has 1 unspecified atom stereocenters. The van der Waals surface area contributed by atoms with Gasteiger partial charge in [0, 0.05) is 16.3 Å². The predicted molar refractivity (Wildman–Crippen MR) is 74.9 cm³/mol. The zero-order valence-electron chi connectivity index (χ0n) is 10.3.